The Hall–Kier alpha value is -0.870. The van der Waals surface area contributed by atoms with Gasteiger partial charge in [0.15, 0.2) is 0 Å². The molecule has 1 amide bonds. The number of hydrogen-bond acceptors (Lipinski definition) is 4. The van der Waals surface area contributed by atoms with Crippen molar-refractivity contribution in [1.82, 2.24) is 9.62 Å². The second kappa shape index (κ2) is 8.68. The molecule has 1 fully saturated rings. The number of halogens is 1. The van der Waals surface area contributed by atoms with Gasteiger partial charge >= 0.3 is 6.09 Å². The highest BCUT2D eigenvalue weighted by Crippen LogP contribution is 2.24. The van der Waals surface area contributed by atoms with Gasteiger partial charge in [0.1, 0.15) is 0 Å². The van der Waals surface area contributed by atoms with Crippen LogP contribution in [0, 0.1) is 3.57 Å². The Bertz CT molecular complexity index is 708. The number of piperidine rings is 1. The number of sulfonamides is 1. The monoisotopic (exact) mass is 480 g/mol. The fourth-order valence-corrected chi connectivity index (χ4v) is 4.56. The SMILES string of the molecule is CC(C)OC(=O)N1CCCC(NS(C)(=O)=O)C1Cc1cccc(I)c1. The molecule has 2 rings (SSSR count). The van der Waals surface area contributed by atoms with Crippen molar-refractivity contribution in [2.75, 3.05) is 12.8 Å². The molecule has 2 unspecified atom stereocenters. The molecule has 0 bridgehead atoms. The molecule has 1 saturated heterocycles. The van der Waals surface area contributed by atoms with E-state index in [4.69, 9.17) is 4.74 Å². The van der Waals surface area contributed by atoms with Crippen molar-refractivity contribution in [2.24, 2.45) is 0 Å². The number of benzene rings is 1. The molecule has 0 aliphatic carbocycles. The lowest BCUT2D eigenvalue weighted by Gasteiger charge is -2.41. The fraction of sp³-hybridized carbons (Fsp3) is 0.588. The van der Waals surface area contributed by atoms with Crippen molar-refractivity contribution in [1.29, 1.82) is 0 Å². The van der Waals surface area contributed by atoms with E-state index in [9.17, 15) is 13.2 Å². The largest absolute Gasteiger partial charge is 0.447 e. The first-order valence-electron chi connectivity index (χ1n) is 8.34. The molecule has 0 saturated carbocycles. The first kappa shape index (κ1) is 20.4. The van der Waals surface area contributed by atoms with Gasteiger partial charge in [-0.25, -0.2) is 17.9 Å². The fourth-order valence-electron chi connectivity index (χ4n) is 3.12. The minimum atomic E-state index is -3.36. The molecule has 2 atom stereocenters. The normalized spacial score (nSPS) is 21.4. The Morgan fingerprint density at radius 1 is 1.44 bits per heavy atom. The molecule has 25 heavy (non-hydrogen) atoms. The van der Waals surface area contributed by atoms with Crippen LogP contribution in [0.2, 0.25) is 0 Å². The van der Waals surface area contributed by atoms with Gasteiger partial charge in [0.25, 0.3) is 0 Å². The Kier molecular flexibility index (Phi) is 7.10. The van der Waals surface area contributed by atoms with Crippen molar-refractivity contribution in [3.8, 4) is 0 Å². The van der Waals surface area contributed by atoms with E-state index in [1.54, 1.807) is 4.90 Å². The number of rotatable bonds is 5. The minimum absolute atomic E-state index is 0.214. The van der Waals surface area contributed by atoms with Gasteiger partial charge in [0.05, 0.1) is 18.4 Å². The van der Waals surface area contributed by atoms with Crippen molar-refractivity contribution < 1.29 is 17.9 Å². The Morgan fingerprint density at radius 2 is 2.16 bits per heavy atom. The van der Waals surface area contributed by atoms with Crippen molar-refractivity contribution in [3.63, 3.8) is 0 Å². The zero-order valence-corrected chi connectivity index (χ0v) is 17.7. The molecule has 1 heterocycles. The summed E-state index contributed by atoms with van der Waals surface area (Å²) in [6, 6.07) is 7.44. The summed E-state index contributed by atoms with van der Waals surface area (Å²) in [5, 5.41) is 0. The van der Waals surface area contributed by atoms with E-state index in [2.05, 4.69) is 33.4 Å². The zero-order valence-electron chi connectivity index (χ0n) is 14.7. The van der Waals surface area contributed by atoms with Gasteiger partial charge in [-0.15, -0.1) is 0 Å². The number of nitrogens with one attached hydrogen (secondary N) is 1. The quantitative estimate of drug-likeness (QED) is 0.658. The standard InChI is InChI=1S/C17H25IN2O4S/c1-12(2)24-17(21)20-9-5-8-15(19-25(3,22)23)16(20)11-13-6-4-7-14(18)10-13/h4,6-7,10,12,15-16,19H,5,8-9,11H2,1-3H3. The number of carbonyl (C=O) groups excluding carboxylic acids is 1. The van der Waals surface area contributed by atoms with Crippen LogP contribution in [-0.4, -0.2) is 50.4 Å². The van der Waals surface area contributed by atoms with Gasteiger partial charge in [0, 0.05) is 16.2 Å². The summed E-state index contributed by atoms with van der Waals surface area (Å²) in [5.41, 5.74) is 1.07. The first-order chi connectivity index (χ1) is 11.7. The van der Waals surface area contributed by atoms with Crippen molar-refractivity contribution in [2.45, 2.75) is 51.3 Å². The lowest BCUT2D eigenvalue weighted by molar-refractivity contribution is 0.0461. The van der Waals surface area contributed by atoms with Gasteiger partial charge in [0.2, 0.25) is 10.0 Å². The zero-order chi connectivity index (χ0) is 18.6. The van der Waals surface area contributed by atoms with Crippen LogP contribution in [0.1, 0.15) is 32.3 Å². The highest BCUT2D eigenvalue weighted by molar-refractivity contribution is 14.1. The maximum Gasteiger partial charge on any atom is 0.410 e. The van der Waals surface area contributed by atoms with Gasteiger partial charge in [-0.2, -0.15) is 0 Å². The topological polar surface area (TPSA) is 75.7 Å². The van der Waals surface area contributed by atoms with Crippen molar-refractivity contribution >= 4 is 38.7 Å². The molecular weight excluding hydrogens is 455 g/mol. The summed E-state index contributed by atoms with van der Waals surface area (Å²) in [6.45, 7) is 4.19. The molecule has 1 N–H and O–H groups in total. The summed E-state index contributed by atoms with van der Waals surface area (Å²) >= 11 is 2.24. The van der Waals surface area contributed by atoms with Crippen LogP contribution in [0.3, 0.4) is 0 Å². The third kappa shape index (κ3) is 6.41. The molecule has 1 aromatic rings. The predicted molar refractivity (Wildman–Crippen MR) is 106 cm³/mol. The van der Waals surface area contributed by atoms with Crippen LogP contribution in [0.15, 0.2) is 24.3 Å². The Labute approximate surface area is 163 Å². The highest BCUT2D eigenvalue weighted by Gasteiger charge is 2.36. The van der Waals surface area contributed by atoms with Gasteiger partial charge in [-0.1, -0.05) is 12.1 Å². The Balaban J connectivity index is 2.28. The number of nitrogens with zero attached hydrogens (tertiary/aromatic N) is 1. The minimum Gasteiger partial charge on any atom is -0.447 e. The van der Waals surface area contributed by atoms with Gasteiger partial charge < -0.3 is 9.64 Å². The Morgan fingerprint density at radius 3 is 2.76 bits per heavy atom. The molecule has 140 valence electrons. The lowest BCUT2D eigenvalue weighted by Crippen LogP contribution is -2.58. The van der Waals surface area contributed by atoms with Crippen LogP contribution in [-0.2, 0) is 21.2 Å². The van der Waals surface area contributed by atoms with E-state index in [1.165, 1.54) is 0 Å². The molecule has 1 aliphatic rings. The summed E-state index contributed by atoms with van der Waals surface area (Å²) in [5.74, 6) is 0. The average Bonchev–Trinajstić information content (AvgIpc) is 2.46. The summed E-state index contributed by atoms with van der Waals surface area (Å²) in [4.78, 5) is 14.2. The van der Waals surface area contributed by atoms with Crippen LogP contribution in [0.4, 0.5) is 4.79 Å². The number of carbonyl (C=O) groups is 1. The van der Waals surface area contributed by atoms with E-state index >= 15 is 0 Å². The second-order valence-corrected chi connectivity index (χ2v) is 9.69. The number of amides is 1. The summed E-state index contributed by atoms with van der Waals surface area (Å²) in [7, 11) is -3.36. The van der Waals surface area contributed by atoms with E-state index in [0.717, 1.165) is 21.8 Å². The molecule has 8 heteroatoms. The molecule has 1 aromatic carbocycles. The molecule has 6 nitrogen and oxygen atoms in total. The van der Waals surface area contributed by atoms with Crippen LogP contribution in [0.25, 0.3) is 0 Å². The van der Waals surface area contributed by atoms with Crippen LogP contribution in [0.5, 0.6) is 0 Å². The smallest absolute Gasteiger partial charge is 0.410 e. The van der Waals surface area contributed by atoms with Crippen molar-refractivity contribution in [3.05, 3.63) is 33.4 Å². The number of ether oxygens (including phenoxy) is 1. The maximum absolute atomic E-state index is 12.5. The van der Waals surface area contributed by atoms with Gasteiger partial charge in [-0.05, 0) is 73.4 Å². The van der Waals surface area contributed by atoms with E-state index < -0.39 is 10.0 Å². The van der Waals surface area contributed by atoms with Crippen LogP contribution < -0.4 is 4.72 Å². The third-order valence-corrected chi connectivity index (χ3v) is 5.45. The number of likely N-dealkylation sites (tertiary alicyclic amines) is 1. The summed E-state index contributed by atoms with van der Waals surface area (Å²) in [6.07, 6.45) is 2.58. The third-order valence-electron chi connectivity index (χ3n) is 4.05. The molecule has 1 aliphatic heterocycles. The maximum atomic E-state index is 12.5. The number of hydrogen-bond donors (Lipinski definition) is 1. The predicted octanol–water partition coefficient (Wildman–Crippen LogP) is 2.76. The van der Waals surface area contributed by atoms with E-state index in [0.29, 0.717) is 19.4 Å². The molecule has 0 radical (unpaired) electrons. The van der Waals surface area contributed by atoms with Crippen LogP contribution >= 0.6 is 22.6 Å². The molecule has 0 spiro atoms. The molecular formula is C17H25IN2O4S. The average molecular weight is 480 g/mol. The second-order valence-electron chi connectivity index (χ2n) is 6.67. The van der Waals surface area contributed by atoms with E-state index in [1.807, 2.05) is 32.0 Å². The highest BCUT2D eigenvalue weighted by atomic mass is 127. The van der Waals surface area contributed by atoms with E-state index in [-0.39, 0.29) is 24.3 Å². The molecule has 0 aromatic heterocycles. The lowest BCUT2D eigenvalue weighted by atomic mass is 9.92. The van der Waals surface area contributed by atoms with Gasteiger partial charge in [-0.3, -0.25) is 0 Å². The first-order valence-corrected chi connectivity index (χ1v) is 11.3. The summed E-state index contributed by atoms with van der Waals surface area (Å²) < 4.78 is 32.7.